The summed E-state index contributed by atoms with van der Waals surface area (Å²) in [5, 5.41) is 0. The molecule has 1 aliphatic carbocycles. The predicted molar refractivity (Wildman–Crippen MR) is 74.2 cm³/mol. The Morgan fingerprint density at radius 3 is 3.00 bits per heavy atom. The molecule has 1 saturated heterocycles. The van der Waals surface area contributed by atoms with Crippen LogP contribution in [0.15, 0.2) is 30.9 Å². The largest absolute Gasteiger partial charge is 0.496 e. The second kappa shape index (κ2) is 4.72. The number of carbonyl (C=O) groups excluding carboxylic acids is 1. The zero-order chi connectivity index (χ0) is 13.4. The molecule has 1 aromatic carbocycles. The van der Waals surface area contributed by atoms with E-state index in [0.717, 1.165) is 18.6 Å². The van der Waals surface area contributed by atoms with E-state index in [1.54, 1.807) is 7.11 Å². The summed E-state index contributed by atoms with van der Waals surface area (Å²) in [7, 11) is 1.71. The van der Waals surface area contributed by atoms with Crippen LogP contribution in [-0.2, 0) is 17.6 Å². The summed E-state index contributed by atoms with van der Waals surface area (Å²) >= 11 is 0. The highest BCUT2D eigenvalue weighted by molar-refractivity contribution is 5.80. The Labute approximate surface area is 113 Å². The van der Waals surface area contributed by atoms with Gasteiger partial charge in [-0.2, -0.15) is 0 Å². The van der Waals surface area contributed by atoms with E-state index in [1.807, 2.05) is 23.1 Å². The maximum atomic E-state index is 12.1. The number of fused-ring (bicyclic) bond motifs is 2. The highest BCUT2D eigenvalue weighted by Crippen LogP contribution is 2.39. The van der Waals surface area contributed by atoms with Crippen molar-refractivity contribution in [3.8, 4) is 5.75 Å². The van der Waals surface area contributed by atoms with Gasteiger partial charge in [0, 0.05) is 19.0 Å². The lowest BCUT2D eigenvalue weighted by molar-refractivity contribution is -0.128. The molecule has 1 aliphatic heterocycles. The number of ether oxygens (including phenoxy) is 1. The first-order valence-electron chi connectivity index (χ1n) is 6.79. The fraction of sp³-hybridized carbons (Fsp3) is 0.438. The summed E-state index contributed by atoms with van der Waals surface area (Å²) in [4.78, 5) is 14.1. The average Bonchev–Trinajstić information content (AvgIpc) is 2.72. The Kier molecular flexibility index (Phi) is 3.05. The van der Waals surface area contributed by atoms with E-state index in [0.29, 0.717) is 24.9 Å². The van der Waals surface area contributed by atoms with Gasteiger partial charge in [0.15, 0.2) is 0 Å². The number of hydrogen-bond acceptors (Lipinski definition) is 2. The van der Waals surface area contributed by atoms with E-state index >= 15 is 0 Å². The van der Waals surface area contributed by atoms with Crippen LogP contribution >= 0.6 is 0 Å². The minimum atomic E-state index is 0.265. The maximum absolute atomic E-state index is 12.1. The minimum absolute atomic E-state index is 0.265. The molecular weight excluding hydrogens is 238 g/mol. The van der Waals surface area contributed by atoms with Crippen molar-refractivity contribution >= 4 is 5.91 Å². The van der Waals surface area contributed by atoms with Gasteiger partial charge in [-0.15, -0.1) is 6.58 Å². The molecule has 1 heterocycles. The van der Waals surface area contributed by atoms with Gasteiger partial charge in [0.25, 0.3) is 0 Å². The molecule has 0 aromatic heterocycles. The molecule has 2 aliphatic rings. The Hall–Kier alpha value is -1.77. The van der Waals surface area contributed by atoms with Crippen molar-refractivity contribution in [2.24, 2.45) is 5.92 Å². The van der Waals surface area contributed by atoms with E-state index in [9.17, 15) is 4.79 Å². The number of rotatable bonds is 3. The monoisotopic (exact) mass is 257 g/mol. The number of benzene rings is 1. The molecule has 0 N–H and O–H groups in total. The topological polar surface area (TPSA) is 29.5 Å². The predicted octanol–water partition coefficient (Wildman–Crippen LogP) is 2.20. The van der Waals surface area contributed by atoms with Crippen LogP contribution in [0.5, 0.6) is 5.75 Å². The third-order valence-corrected chi connectivity index (χ3v) is 4.37. The highest BCUT2D eigenvalue weighted by Gasteiger charge is 2.42. The van der Waals surface area contributed by atoms with E-state index in [4.69, 9.17) is 4.74 Å². The van der Waals surface area contributed by atoms with Gasteiger partial charge >= 0.3 is 0 Å². The molecule has 3 nitrogen and oxygen atoms in total. The second-order valence-electron chi connectivity index (χ2n) is 5.37. The molecule has 19 heavy (non-hydrogen) atoms. The van der Waals surface area contributed by atoms with Gasteiger partial charge in [0.1, 0.15) is 5.75 Å². The quantitative estimate of drug-likeness (QED) is 0.777. The molecule has 3 rings (SSSR count). The van der Waals surface area contributed by atoms with Crippen LogP contribution < -0.4 is 4.74 Å². The smallest absolute Gasteiger partial charge is 0.223 e. The number of nitrogens with zero attached hydrogens (tertiary/aromatic N) is 1. The van der Waals surface area contributed by atoms with E-state index < -0.39 is 0 Å². The summed E-state index contributed by atoms with van der Waals surface area (Å²) in [6.07, 6.45) is 4.38. The van der Waals surface area contributed by atoms with Crippen molar-refractivity contribution < 1.29 is 9.53 Å². The summed E-state index contributed by atoms with van der Waals surface area (Å²) in [6.45, 7) is 4.41. The Balaban J connectivity index is 1.95. The SMILES string of the molecule is C=CCN1C(=O)C[C@@H]2Cc3cccc(OC)c3C[C@H]21. The number of carbonyl (C=O) groups is 1. The minimum Gasteiger partial charge on any atom is -0.496 e. The molecule has 0 bridgehead atoms. The van der Waals surface area contributed by atoms with Crippen LogP contribution in [-0.4, -0.2) is 30.5 Å². The number of hydrogen-bond donors (Lipinski definition) is 0. The van der Waals surface area contributed by atoms with Gasteiger partial charge < -0.3 is 9.64 Å². The third kappa shape index (κ3) is 1.93. The first kappa shape index (κ1) is 12.3. The third-order valence-electron chi connectivity index (χ3n) is 4.37. The highest BCUT2D eigenvalue weighted by atomic mass is 16.5. The van der Waals surface area contributed by atoms with Crippen molar-refractivity contribution in [2.45, 2.75) is 25.3 Å². The number of methoxy groups -OCH3 is 1. The van der Waals surface area contributed by atoms with Gasteiger partial charge in [0.2, 0.25) is 5.91 Å². The van der Waals surface area contributed by atoms with Crippen LogP contribution in [0.4, 0.5) is 0 Å². The number of amides is 1. The fourth-order valence-electron chi connectivity index (χ4n) is 3.50. The molecule has 100 valence electrons. The van der Waals surface area contributed by atoms with E-state index in [2.05, 4.69) is 12.6 Å². The summed E-state index contributed by atoms with van der Waals surface area (Å²) < 4.78 is 5.46. The summed E-state index contributed by atoms with van der Waals surface area (Å²) in [6, 6.07) is 6.52. The van der Waals surface area contributed by atoms with Gasteiger partial charge in [-0.05, 0) is 36.0 Å². The lowest BCUT2D eigenvalue weighted by Gasteiger charge is -2.33. The summed E-state index contributed by atoms with van der Waals surface area (Å²) in [5.74, 6) is 1.67. The molecule has 0 radical (unpaired) electrons. The molecule has 0 unspecified atom stereocenters. The average molecular weight is 257 g/mol. The Bertz CT molecular complexity index is 523. The maximum Gasteiger partial charge on any atom is 0.223 e. The second-order valence-corrected chi connectivity index (χ2v) is 5.37. The van der Waals surface area contributed by atoms with Crippen LogP contribution in [0.3, 0.4) is 0 Å². The first-order valence-corrected chi connectivity index (χ1v) is 6.79. The molecular formula is C16H19NO2. The van der Waals surface area contributed by atoms with Crippen molar-refractivity contribution in [1.82, 2.24) is 4.90 Å². The van der Waals surface area contributed by atoms with Gasteiger partial charge in [-0.3, -0.25) is 4.79 Å². The lowest BCUT2D eigenvalue weighted by atomic mass is 9.80. The lowest BCUT2D eigenvalue weighted by Crippen LogP contribution is -2.39. The van der Waals surface area contributed by atoms with Gasteiger partial charge in [0.05, 0.1) is 7.11 Å². The summed E-state index contributed by atoms with van der Waals surface area (Å²) in [5.41, 5.74) is 2.61. The molecule has 1 amide bonds. The number of likely N-dealkylation sites (tertiary alicyclic amines) is 1. The van der Waals surface area contributed by atoms with Crippen molar-refractivity contribution in [3.63, 3.8) is 0 Å². The Morgan fingerprint density at radius 2 is 2.26 bits per heavy atom. The van der Waals surface area contributed by atoms with Gasteiger partial charge in [-0.25, -0.2) is 0 Å². The van der Waals surface area contributed by atoms with Crippen LogP contribution in [0, 0.1) is 5.92 Å². The molecule has 3 heteroatoms. The molecule has 2 atom stereocenters. The first-order chi connectivity index (χ1) is 9.24. The normalized spacial score (nSPS) is 24.9. The fourth-order valence-corrected chi connectivity index (χ4v) is 3.50. The van der Waals surface area contributed by atoms with E-state index in [1.165, 1.54) is 11.1 Å². The van der Waals surface area contributed by atoms with Crippen molar-refractivity contribution in [2.75, 3.05) is 13.7 Å². The van der Waals surface area contributed by atoms with Gasteiger partial charge in [-0.1, -0.05) is 18.2 Å². The molecule has 1 fully saturated rings. The van der Waals surface area contributed by atoms with Crippen molar-refractivity contribution in [1.29, 1.82) is 0 Å². The van der Waals surface area contributed by atoms with E-state index in [-0.39, 0.29) is 5.91 Å². The molecule has 1 aromatic rings. The zero-order valence-electron chi connectivity index (χ0n) is 11.3. The zero-order valence-corrected chi connectivity index (χ0v) is 11.3. The van der Waals surface area contributed by atoms with Crippen LogP contribution in [0.2, 0.25) is 0 Å². The van der Waals surface area contributed by atoms with Crippen molar-refractivity contribution in [3.05, 3.63) is 42.0 Å². The Morgan fingerprint density at radius 1 is 1.42 bits per heavy atom. The standard InChI is InChI=1S/C16H19NO2/c1-3-7-17-14-10-13-11(5-4-6-15(13)19-2)8-12(14)9-16(17)18/h3-6,12,14H,1,7-10H2,2H3/t12-,14+/m0/s1. The molecule has 0 saturated carbocycles. The van der Waals surface area contributed by atoms with Crippen LogP contribution in [0.1, 0.15) is 17.5 Å². The molecule has 0 spiro atoms. The van der Waals surface area contributed by atoms with Crippen LogP contribution in [0.25, 0.3) is 0 Å².